The molecule has 1 aliphatic heterocycles. The maximum Gasteiger partial charge on any atom is 0.237 e. The molecule has 1 aliphatic rings. The summed E-state index contributed by atoms with van der Waals surface area (Å²) in [5.41, 5.74) is 6.34. The summed E-state index contributed by atoms with van der Waals surface area (Å²) < 4.78 is 1.99. The van der Waals surface area contributed by atoms with E-state index in [2.05, 4.69) is 15.2 Å². The fourth-order valence-corrected chi connectivity index (χ4v) is 3.50. The standard InChI is InChI=1S/C20H28N6O2/c1-24-11-9-23-20(24)17-13-22-8-12-25(17)15-19(28)26(10-7-18(21)27)14-16-5-3-2-4-6-16/h2-6,9,11,17,22H,7-8,10,12-15H2,1H3,(H2,21,27). The quantitative estimate of drug-likeness (QED) is 0.681. The molecule has 1 saturated heterocycles. The number of carbonyl (C=O) groups excluding carboxylic acids is 2. The summed E-state index contributed by atoms with van der Waals surface area (Å²) in [6.07, 6.45) is 3.85. The molecular formula is C20H28N6O2. The van der Waals surface area contributed by atoms with Gasteiger partial charge in [-0.1, -0.05) is 30.3 Å². The minimum absolute atomic E-state index is 0.00814. The number of benzene rings is 1. The molecule has 8 heteroatoms. The molecule has 1 aromatic carbocycles. The van der Waals surface area contributed by atoms with Gasteiger partial charge in [0.2, 0.25) is 11.8 Å². The van der Waals surface area contributed by atoms with E-state index in [1.54, 1.807) is 11.1 Å². The molecule has 1 fully saturated rings. The fourth-order valence-electron chi connectivity index (χ4n) is 3.50. The highest BCUT2D eigenvalue weighted by Gasteiger charge is 2.29. The zero-order chi connectivity index (χ0) is 19.9. The zero-order valence-corrected chi connectivity index (χ0v) is 16.3. The number of aromatic nitrogens is 2. The fraction of sp³-hybridized carbons (Fsp3) is 0.450. The Bertz CT molecular complexity index is 791. The molecule has 2 heterocycles. The van der Waals surface area contributed by atoms with Gasteiger partial charge in [-0.25, -0.2) is 4.98 Å². The SMILES string of the molecule is Cn1ccnc1C1CNCCN1CC(=O)N(CCC(N)=O)Cc1ccccc1. The molecule has 0 aliphatic carbocycles. The molecule has 3 rings (SSSR count). The van der Waals surface area contributed by atoms with Crippen LogP contribution in [0.25, 0.3) is 0 Å². The lowest BCUT2D eigenvalue weighted by Crippen LogP contribution is -2.51. The number of carbonyl (C=O) groups is 2. The van der Waals surface area contributed by atoms with Crippen molar-refractivity contribution >= 4 is 11.8 Å². The van der Waals surface area contributed by atoms with Gasteiger partial charge in [0, 0.05) is 58.6 Å². The van der Waals surface area contributed by atoms with Gasteiger partial charge in [0.15, 0.2) is 0 Å². The van der Waals surface area contributed by atoms with E-state index >= 15 is 0 Å². The molecule has 1 aromatic heterocycles. The van der Waals surface area contributed by atoms with Crippen molar-refractivity contribution in [3.05, 3.63) is 54.1 Å². The van der Waals surface area contributed by atoms with Crippen molar-refractivity contribution in [3.63, 3.8) is 0 Å². The largest absolute Gasteiger partial charge is 0.370 e. The summed E-state index contributed by atoms with van der Waals surface area (Å²) in [4.78, 5) is 32.7. The zero-order valence-electron chi connectivity index (χ0n) is 16.3. The molecule has 28 heavy (non-hydrogen) atoms. The molecule has 2 amide bonds. The van der Waals surface area contributed by atoms with Gasteiger partial charge in [-0.2, -0.15) is 0 Å². The number of nitrogens with one attached hydrogen (secondary N) is 1. The van der Waals surface area contributed by atoms with Crippen LogP contribution in [-0.2, 0) is 23.2 Å². The van der Waals surface area contributed by atoms with Crippen LogP contribution in [0.2, 0.25) is 0 Å². The lowest BCUT2D eigenvalue weighted by molar-refractivity contribution is -0.134. The van der Waals surface area contributed by atoms with Crippen LogP contribution in [0.1, 0.15) is 23.9 Å². The van der Waals surface area contributed by atoms with Gasteiger partial charge in [0.1, 0.15) is 5.82 Å². The first-order valence-electron chi connectivity index (χ1n) is 9.56. The molecule has 0 bridgehead atoms. The minimum atomic E-state index is -0.404. The average Bonchev–Trinajstić information content (AvgIpc) is 3.12. The van der Waals surface area contributed by atoms with E-state index in [9.17, 15) is 9.59 Å². The van der Waals surface area contributed by atoms with Gasteiger partial charge in [-0.05, 0) is 5.56 Å². The maximum absolute atomic E-state index is 13.1. The summed E-state index contributed by atoms with van der Waals surface area (Å²) in [6.45, 7) is 3.41. The van der Waals surface area contributed by atoms with Crippen molar-refractivity contribution in [2.75, 3.05) is 32.7 Å². The number of aryl methyl sites for hydroxylation is 1. The van der Waals surface area contributed by atoms with Crippen molar-refractivity contribution in [1.29, 1.82) is 0 Å². The topological polar surface area (TPSA) is 96.5 Å². The number of imidazole rings is 1. The highest BCUT2D eigenvalue weighted by Crippen LogP contribution is 2.20. The second kappa shape index (κ2) is 9.48. The van der Waals surface area contributed by atoms with E-state index in [1.807, 2.05) is 48.1 Å². The Morgan fingerprint density at radius 2 is 2.11 bits per heavy atom. The molecule has 0 saturated carbocycles. The van der Waals surface area contributed by atoms with E-state index in [1.165, 1.54) is 0 Å². The van der Waals surface area contributed by atoms with E-state index < -0.39 is 5.91 Å². The van der Waals surface area contributed by atoms with Gasteiger partial charge in [-0.15, -0.1) is 0 Å². The smallest absolute Gasteiger partial charge is 0.237 e. The molecular weight excluding hydrogens is 356 g/mol. The Morgan fingerprint density at radius 1 is 1.32 bits per heavy atom. The third kappa shape index (κ3) is 5.17. The van der Waals surface area contributed by atoms with Crippen LogP contribution in [0.15, 0.2) is 42.7 Å². The van der Waals surface area contributed by atoms with Gasteiger partial charge in [-0.3, -0.25) is 14.5 Å². The third-order valence-electron chi connectivity index (χ3n) is 5.05. The average molecular weight is 384 g/mol. The molecule has 0 spiro atoms. The van der Waals surface area contributed by atoms with Crippen LogP contribution in [-0.4, -0.2) is 63.9 Å². The predicted molar refractivity (Wildman–Crippen MR) is 106 cm³/mol. The number of piperazine rings is 1. The Balaban J connectivity index is 1.71. The summed E-state index contributed by atoms with van der Waals surface area (Å²) in [6, 6.07) is 9.82. The number of rotatable bonds is 8. The molecule has 0 radical (unpaired) electrons. The summed E-state index contributed by atoms with van der Waals surface area (Å²) in [5.74, 6) is 0.525. The number of hydrogen-bond acceptors (Lipinski definition) is 5. The lowest BCUT2D eigenvalue weighted by Gasteiger charge is -2.36. The first-order valence-corrected chi connectivity index (χ1v) is 9.56. The summed E-state index contributed by atoms with van der Waals surface area (Å²) in [5, 5.41) is 3.38. The van der Waals surface area contributed by atoms with E-state index in [4.69, 9.17) is 5.73 Å². The second-order valence-electron chi connectivity index (χ2n) is 7.10. The lowest BCUT2D eigenvalue weighted by atomic mass is 10.1. The van der Waals surface area contributed by atoms with Gasteiger partial charge in [0.25, 0.3) is 0 Å². The van der Waals surface area contributed by atoms with Gasteiger partial charge < -0.3 is 20.5 Å². The van der Waals surface area contributed by atoms with Gasteiger partial charge in [0.05, 0.1) is 12.6 Å². The van der Waals surface area contributed by atoms with Crippen LogP contribution >= 0.6 is 0 Å². The number of nitrogens with zero attached hydrogens (tertiary/aromatic N) is 4. The number of nitrogens with two attached hydrogens (primary N) is 1. The molecule has 8 nitrogen and oxygen atoms in total. The molecule has 150 valence electrons. The van der Waals surface area contributed by atoms with Crippen molar-refractivity contribution in [1.82, 2.24) is 24.7 Å². The summed E-state index contributed by atoms with van der Waals surface area (Å²) in [7, 11) is 1.96. The van der Waals surface area contributed by atoms with Crippen LogP contribution in [0.3, 0.4) is 0 Å². The van der Waals surface area contributed by atoms with E-state index in [0.717, 1.165) is 31.0 Å². The van der Waals surface area contributed by atoms with Crippen molar-refractivity contribution < 1.29 is 9.59 Å². The van der Waals surface area contributed by atoms with E-state index in [0.29, 0.717) is 13.1 Å². The summed E-state index contributed by atoms with van der Waals surface area (Å²) >= 11 is 0. The Morgan fingerprint density at radius 3 is 2.79 bits per heavy atom. The molecule has 1 atom stereocenters. The molecule has 2 aromatic rings. The second-order valence-corrected chi connectivity index (χ2v) is 7.10. The maximum atomic E-state index is 13.1. The molecule has 3 N–H and O–H groups in total. The highest BCUT2D eigenvalue weighted by atomic mass is 16.2. The first-order chi connectivity index (χ1) is 13.5. The van der Waals surface area contributed by atoms with Crippen LogP contribution in [0, 0.1) is 0 Å². The van der Waals surface area contributed by atoms with Gasteiger partial charge >= 0.3 is 0 Å². The number of amides is 2. The normalized spacial score (nSPS) is 17.4. The van der Waals surface area contributed by atoms with Crippen molar-refractivity contribution in [2.24, 2.45) is 12.8 Å². The first kappa shape index (κ1) is 20.0. The Labute approximate surface area is 165 Å². The molecule has 1 unspecified atom stereocenters. The Hall–Kier alpha value is -2.71. The Kier molecular flexibility index (Phi) is 6.78. The van der Waals surface area contributed by atoms with Crippen LogP contribution < -0.4 is 11.1 Å². The van der Waals surface area contributed by atoms with E-state index in [-0.39, 0.29) is 24.9 Å². The number of primary amides is 1. The monoisotopic (exact) mass is 384 g/mol. The predicted octanol–water partition coefficient (Wildman–Crippen LogP) is 0.271. The highest BCUT2D eigenvalue weighted by molar-refractivity contribution is 5.79. The minimum Gasteiger partial charge on any atom is -0.370 e. The van der Waals surface area contributed by atoms with Crippen molar-refractivity contribution in [2.45, 2.75) is 19.0 Å². The van der Waals surface area contributed by atoms with Crippen LogP contribution in [0.5, 0.6) is 0 Å². The number of hydrogen-bond donors (Lipinski definition) is 2. The van der Waals surface area contributed by atoms with Crippen molar-refractivity contribution in [3.8, 4) is 0 Å². The third-order valence-corrected chi connectivity index (χ3v) is 5.05. The van der Waals surface area contributed by atoms with Crippen LogP contribution in [0.4, 0.5) is 0 Å².